The van der Waals surface area contributed by atoms with E-state index < -0.39 is 11.4 Å². The molecule has 98 valence electrons. The molecule has 0 radical (unpaired) electrons. The van der Waals surface area contributed by atoms with Gasteiger partial charge in [-0.2, -0.15) is 0 Å². The molecule has 1 aromatic heterocycles. The molecule has 18 heavy (non-hydrogen) atoms. The lowest BCUT2D eigenvalue weighted by Gasteiger charge is -2.09. The number of thiophene rings is 1. The highest BCUT2D eigenvalue weighted by Gasteiger charge is 2.50. The number of nitrogens with one attached hydrogen (secondary N) is 1. The number of halogens is 1. The summed E-state index contributed by atoms with van der Waals surface area (Å²) in [7, 11) is 1.53. The van der Waals surface area contributed by atoms with Gasteiger partial charge in [0.15, 0.2) is 0 Å². The van der Waals surface area contributed by atoms with Crippen molar-refractivity contribution < 1.29 is 19.4 Å². The van der Waals surface area contributed by atoms with Crippen molar-refractivity contribution in [3.63, 3.8) is 0 Å². The van der Waals surface area contributed by atoms with Crippen LogP contribution in [-0.2, 0) is 4.79 Å². The van der Waals surface area contributed by atoms with Crippen molar-refractivity contribution in [3.05, 3.63) is 14.7 Å². The molecule has 1 heterocycles. The number of aliphatic carboxylic acids is 1. The van der Waals surface area contributed by atoms with Crippen molar-refractivity contribution in [1.29, 1.82) is 0 Å². The van der Waals surface area contributed by atoms with E-state index in [9.17, 15) is 9.59 Å². The van der Waals surface area contributed by atoms with E-state index in [-0.39, 0.29) is 12.5 Å². The molecule has 1 aromatic rings. The number of hydrogen-bond acceptors (Lipinski definition) is 4. The first kappa shape index (κ1) is 13.4. The summed E-state index contributed by atoms with van der Waals surface area (Å²) in [6.07, 6.45) is 1.25. The Bertz CT molecular complexity index is 495. The fourth-order valence-corrected chi connectivity index (χ4v) is 3.12. The van der Waals surface area contributed by atoms with Gasteiger partial charge in [0.25, 0.3) is 5.91 Å². The van der Waals surface area contributed by atoms with Crippen LogP contribution >= 0.6 is 27.3 Å². The van der Waals surface area contributed by atoms with Gasteiger partial charge in [0.2, 0.25) is 0 Å². The molecule has 2 N–H and O–H groups in total. The van der Waals surface area contributed by atoms with Crippen molar-refractivity contribution in [2.24, 2.45) is 5.41 Å². The molecule has 0 atom stereocenters. The van der Waals surface area contributed by atoms with E-state index in [0.29, 0.717) is 23.5 Å². The van der Waals surface area contributed by atoms with Crippen LogP contribution in [0, 0.1) is 5.41 Å². The van der Waals surface area contributed by atoms with Gasteiger partial charge >= 0.3 is 5.97 Å². The maximum atomic E-state index is 11.9. The number of methoxy groups -OCH3 is 1. The van der Waals surface area contributed by atoms with Gasteiger partial charge in [-0.25, -0.2) is 0 Å². The fraction of sp³-hybridized carbons (Fsp3) is 0.455. The number of ether oxygens (including phenoxy) is 1. The second-order valence-corrected chi connectivity index (χ2v) is 6.59. The lowest BCUT2D eigenvalue weighted by molar-refractivity contribution is -0.143. The summed E-state index contributed by atoms with van der Waals surface area (Å²) in [5, 5.41) is 11.7. The van der Waals surface area contributed by atoms with Gasteiger partial charge < -0.3 is 15.2 Å². The molecule has 0 bridgehead atoms. The first-order valence-electron chi connectivity index (χ1n) is 5.33. The number of carboxylic acid groups (broad SMARTS) is 1. The molecule has 1 fully saturated rings. The quantitative estimate of drug-likeness (QED) is 0.865. The summed E-state index contributed by atoms with van der Waals surface area (Å²) in [5.74, 6) is -0.506. The standard InChI is InChI=1S/C11H12BrNO4S/c1-17-6-4-7(18-8(6)12)9(14)13-5-11(2-3-11)10(15)16/h4H,2-3,5H2,1H3,(H,13,14)(H,15,16). The van der Waals surface area contributed by atoms with E-state index in [2.05, 4.69) is 21.2 Å². The summed E-state index contributed by atoms with van der Waals surface area (Å²) in [4.78, 5) is 23.3. The Kier molecular flexibility index (Phi) is 3.63. The second-order valence-electron chi connectivity index (χ2n) is 4.22. The highest BCUT2D eigenvalue weighted by atomic mass is 79.9. The van der Waals surface area contributed by atoms with Gasteiger partial charge in [0.1, 0.15) is 9.54 Å². The van der Waals surface area contributed by atoms with E-state index in [0.717, 1.165) is 3.79 Å². The average Bonchev–Trinajstić information content (AvgIpc) is 3.04. The fourth-order valence-electron chi connectivity index (χ4n) is 1.56. The van der Waals surface area contributed by atoms with Crippen LogP contribution in [0.15, 0.2) is 9.85 Å². The molecule has 2 rings (SSSR count). The zero-order chi connectivity index (χ0) is 13.3. The number of carbonyl (C=O) groups excluding carboxylic acids is 1. The Morgan fingerprint density at radius 2 is 2.28 bits per heavy atom. The van der Waals surface area contributed by atoms with E-state index in [1.54, 1.807) is 6.07 Å². The largest absolute Gasteiger partial charge is 0.495 e. The normalized spacial score (nSPS) is 16.1. The molecule has 7 heteroatoms. The Balaban J connectivity index is 1.98. The highest BCUT2D eigenvalue weighted by molar-refractivity contribution is 9.11. The number of rotatable bonds is 5. The predicted molar refractivity (Wildman–Crippen MR) is 70.2 cm³/mol. The summed E-state index contributed by atoms with van der Waals surface area (Å²) in [6, 6.07) is 1.63. The number of carbonyl (C=O) groups is 2. The first-order chi connectivity index (χ1) is 8.48. The van der Waals surface area contributed by atoms with E-state index in [1.807, 2.05) is 0 Å². The maximum absolute atomic E-state index is 11.9. The van der Waals surface area contributed by atoms with E-state index >= 15 is 0 Å². The third-order valence-electron chi connectivity index (χ3n) is 2.99. The van der Waals surface area contributed by atoms with Crippen LogP contribution in [0.2, 0.25) is 0 Å². The van der Waals surface area contributed by atoms with Crippen molar-refractivity contribution >= 4 is 39.1 Å². The van der Waals surface area contributed by atoms with Gasteiger partial charge in [-0.3, -0.25) is 9.59 Å². The van der Waals surface area contributed by atoms with Crippen LogP contribution in [0.5, 0.6) is 5.75 Å². The number of amides is 1. The minimum atomic E-state index is -0.840. The summed E-state index contributed by atoms with van der Waals surface area (Å²) in [5.41, 5.74) is -0.742. The van der Waals surface area contributed by atoms with Crippen molar-refractivity contribution in [2.75, 3.05) is 13.7 Å². The van der Waals surface area contributed by atoms with Crippen molar-refractivity contribution in [1.82, 2.24) is 5.32 Å². The molecule has 0 saturated heterocycles. The summed E-state index contributed by atoms with van der Waals surface area (Å²) in [6.45, 7) is 0.180. The van der Waals surface area contributed by atoms with Gasteiger partial charge in [-0.15, -0.1) is 11.3 Å². The average molecular weight is 334 g/mol. The zero-order valence-electron chi connectivity index (χ0n) is 9.66. The SMILES string of the molecule is COc1cc(C(=O)NCC2(C(=O)O)CC2)sc1Br. The maximum Gasteiger partial charge on any atom is 0.311 e. The summed E-state index contributed by atoms with van der Waals surface area (Å²) >= 11 is 4.55. The van der Waals surface area contributed by atoms with Crippen LogP contribution in [0.25, 0.3) is 0 Å². The molecule has 1 aliphatic rings. The van der Waals surface area contributed by atoms with Gasteiger partial charge in [0.05, 0.1) is 17.4 Å². The molecule has 5 nitrogen and oxygen atoms in total. The lowest BCUT2D eigenvalue weighted by atomic mass is 10.1. The molecule has 0 aliphatic heterocycles. The minimum absolute atomic E-state index is 0.180. The van der Waals surface area contributed by atoms with Gasteiger partial charge in [-0.05, 0) is 28.8 Å². The van der Waals surface area contributed by atoms with Crippen LogP contribution in [0.4, 0.5) is 0 Å². The van der Waals surface area contributed by atoms with Crippen LogP contribution in [0.1, 0.15) is 22.5 Å². The Morgan fingerprint density at radius 1 is 1.61 bits per heavy atom. The molecular formula is C11H12BrNO4S. The molecule has 1 amide bonds. The van der Waals surface area contributed by atoms with Crippen LogP contribution < -0.4 is 10.1 Å². The number of carboxylic acids is 1. The third kappa shape index (κ3) is 2.51. The molecule has 0 spiro atoms. The van der Waals surface area contributed by atoms with Crippen LogP contribution in [0.3, 0.4) is 0 Å². The summed E-state index contributed by atoms with van der Waals surface area (Å²) < 4.78 is 5.81. The minimum Gasteiger partial charge on any atom is -0.495 e. The third-order valence-corrected chi connectivity index (χ3v) is 4.77. The van der Waals surface area contributed by atoms with Gasteiger partial charge in [0, 0.05) is 12.6 Å². The van der Waals surface area contributed by atoms with Gasteiger partial charge in [-0.1, -0.05) is 0 Å². The lowest BCUT2D eigenvalue weighted by Crippen LogP contribution is -2.33. The van der Waals surface area contributed by atoms with E-state index in [4.69, 9.17) is 9.84 Å². The zero-order valence-corrected chi connectivity index (χ0v) is 12.1. The predicted octanol–water partition coefficient (Wildman–Crippen LogP) is 2.11. The number of hydrogen-bond donors (Lipinski definition) is 2. The highest BCUT2D eigenvalue weighted by Crippen LogP contribution is 2.45. The molecule has 0 aromatic carbocycles. The van der Waals surface area contributed by atoms with Crippen molar-refractivity contribution in [3.8, 4) is 5.75 Å². The Morgan fingerprint density at radius 3 is 2.72 bits per heavy atom. The molecular weight excluding hydrogens is 322 g/mol. The molecule has 1 aliphatic carbocycles. The Hall–Kier alpha value is -1.08. The second kappa shape index (κ2) is 4.89. The Labute approximate surface area is 116 Å². The van der Waals surface area contributed by atoms with Crippen LogP contribution in [-0.4, -0.2) is 30.6 Å². The van der Waals surface area contributed by atoms with Crippen molar-refractivity contribution in [2.45, 2.75) is 12.8 Å². The molecule has 0 unspecified atom stereocenters. The first-order valence-corrected chi connectivity index (χ1v) is 6.94. The van der Waals surface area contributed by atoms with E-state index in [1.165, 1.54) is 18.4 Å². The molecule has 1 saturated carbocycles. The smallest absolute Gasteiger partial charge is 0.311 e. The monoisotopic (exact) mass is 333 g/mol. The topological polar surface area (TPSA) is 75.6 Å².